The van der Waals surface area contributed by atoms with Crippen molar-refractivity contribution in [2.24, 2.45) is 5.92 Å². The molecule has 0 aliphatic rings. The van der Waals surface area contributed by atoms with E-state index in [0.29, 0.717) is 16.5 Å². The molecule has 156 valence electrons. The van der Waals surface area contributed by atoms with E-state index in [2.05, 4.69) is 15.3 Å². The highest BCUT2D eigenvalue weighted by atomic mass is 16.5. The summed E-state index contributed by atoms with van der Waals surface area (Å²) in [6.45, 7) is 7.11. The highest BCUT2D eigenvalue weighted by molar-refractivity contribution is 5.98. The average molecular weight is 407 g/mol. The average Bonchev–Trinajstić information content (AvgIpc) is 2.71. The fourth-order valence-corrected chi connectivity index (χ4v) is 3.14. The highest BCUT2D eigenvalue weighted by Gasteiger charge is 2.28. The lowest BCUT2D eigenvalue weighted by Gasteiger charge is -2.23. The van der Waals surface area contributed by atoms with Crippen LogP contribution in [0.2, 0.25) is 0 Å². The predicted octanol–water partition coefficient (Wildman–Crippen LogP) is 3.29. The summed E-state index contributed by atoms with van der Waals surface area (Å²) in [6.07, 6.45) is -0.786. The van der Waals surface area contributed by atoms with E-state index in [9.17, 15) is 14.4 Å². The molecule has 2 atom stereocenters. The third-order valence-electron chi connectivity index (χ3n) is 4.91. The Hall–Kier alpha value is -3.48. The number of nitrogens with zero attached hydrogens (tertiary/aromatic N) is 1. The van der Waals surface area contributed by atoms with E-state index in [1.54, 1.807) is 43.3 Å². The standard InChI is InChI=1S/C23H25N3O4/c1-13(2)19(25-21(27)16-10-6-5-9-14(16)3)23(29)30-15(4)20-24-18-12-8-7-11-17(18)22(28)26-20/h5-13,15,19H,1-4H3,(H,25,27)(H,24,26,28)/t15-,19+/m1/s1. The van der Waals surface area contributed by atoms with Crippen LogP contribution < -0.4 is 10.9 Å². The van der Waals surface area contributed by atoms with Gasteiger partial charge in [-0.1, -0.05) is 44.2 Å². The van der Waals surface area contributed by atoms with Gasteiger partial charge in [0.15, 0.2) is 11.9 Å². The zero-order valence-electron chi connectivity index (χ0n) is 17.4. The number of carbonyl (C=O) groups is 2. The lowest BCUT2D eigenvalue weighted by Crippen LogP contribution is -2.45. The smallest absolute Gasteiger partial charge is 0.329 e. The van der Waals surface area contributed by atoms with E-state index in [4.69, 9.17) is 4.74 Å². The van der Waals surface area contributed by atoms with Crippen LogP contribution in [0.4, 0.5) is 0 Å². The molecule has 0 unspecified atom stereocenters. The van der Waals surface area contributed by atoms with Gasteiger partial charge in [0, 0.05) is 5.56 Å². The molecule has 0 fully saturated rings. The quantitative estimate of drug-likeness (QED) is 0.611. The molecule has 1 heterocycles. The van der Waals surface area contributed by atoms with E-state index < -0.39 is 18.1 Å². The number of nitrogens with one attached hydrogen (secondary N) is 2. The van der Waals surface area contributed by atoms with Gasteiger partial charge in [-0.05, 0) is 43.5 Å². The lowest BCUT2D eigenvalue weighted by atomic mass is 10.0. The highest BCUT2D eigenvalue weighted by Crippen LogP contribution is 2.17. The van der Waals surface area contributed by atoms with E-state index in [1.807, 2.05) is 32.9 Å². The van der Waals surface area contributed by atoms with Gasteiger partial charge in [0.25, 0.3) is 11.5 Å². The summed E-state index contributed by atoms with van der Waals surface area (Å²) in [4.78, 5) is 44.8. The molecule has 3 rings (SSSR count). The molecule has 7 heteroatoms. The Bertz CT molecular complexity index is 1140. The Morgan fingerprint density at radius 2 is 1.70 bits per heavy atom. The van der Waals surface area contributed by atoms with Crippen molar-refractivity contribution in [3.8, 4) is 0 Å². The second-order valence-electron chi connectivity index (χ2n) is 7.56. The number of carbonyl (C=O) groups excluding carboxylic acids is 2. The lowest BCUT2D eigenvalue weighted by molar-refractivity contribution is -0.152. The second-order valence-corrected chi connectivity index (χ2v) is 7.56. The maximum Gasteiger partial charge on any atom is 0.329 e. The molecule has 2 N–H and O–H groups in total. The van der Waals surface area contributed by atoms with Crippen LogP contribution in [0, 0.1) is 12.8 Å². The minimum absolute atomic E-state index is 0.193. The third-order valence-corrected chi connectivity index (χ3v) is 4.91. The predicted molar refractivity (Wildman–Crippen MR) is 114 cm³/mol. The first-order chi connectivity index (χ1) is 14.3. The van der Waals surface area contributed by atoms with Crippen molar-refractivity contribution in [2.45, 2.75) is 39.8 Å². The second kappa shape index (κ2) is 8.90. The minimum Gasteiger partial charge on any atom is -0.453 e. The number of aryl methyl sites for hydroxylation is 1. The number of ether oxygens (including phenoxy) is 1. The van der Waals surface area contributed by atoms with Crippen LogP contribution in [0.15, 0.2) is 53.3 Å². The van der Waals surface area contributed by atoms with Gasteiger partial charge in [0.2, 0.25) is 0 Å². The van der Waals surface area contributed by atoms with Gasteiger partial charge in [-0.3, -0.25) is 9.59 Å². The van der Waals surface area contributed by atoms with Crippen LogP contribution >= 0.6 is 0 Å². The van der Waals surface area contributed by atoms with Gasteiger partial charge >= 0.3 is 5.97 Å². The molecule has 0 aliphatic heterocycles. The summed E-state index contributed by atoms with van der Waals surface area (Å²) in [5.74, 6) is -0.870. The van der Waals surface area contributed by atoms with Crippen molar-refractivity contribution in [3.63, 3.8) is 0 Å². The van der Waals surface area contributed by atoms with Crippen LogP contribution in [-0.2, 0) is 9.53 Å². The molecule has 1 amide bonds. The molecular weight excluding hydrogens is 382 g/mol. The number of esters is 1. The SMILES string of the molecule is Cc1ccccc1C(=O)N[C@H](C(=O)O[C@H](C)c1nc2ccccc2c(=O)[nH]1)C(C)C. The number of benzene rings is 2. The van der Waals surface area contributed by atoms with Crippen LogP contribution in [0.5, 0.6) is 0 Å². The van der Waals surface area contributed by atoms with Gasteiger partial charge in [-0.15, -0.1) is 0 Å². The third kappa shape index (κ3) is 4.56. The van der Waals surface area contributed by atoms with Crippen LogP contribution in [-0.4, -0.2) is 27.9 Å². The number of fused-ring (bicyclic) bond motifs is 1. The van der Waals surface area contributed by atoms with Crippen LogP contribution in [0.25, 0.3) is 10.9 Å². The fraction of sp³-hybridized carbons (Fsp3) is 0.304. The zero-order chi connectivity index (χ0) is 21.8. The zero-order valence-corrected chi connectivity index (χ0v) is 17.4. The topological polar surface area (TPSA) is 101 Å². The Balaban J connectivity index is 1.77. The normalized spacial score (nSPS) is 13.1. The largest absolute Gasteiger partial charge is 0.453 e. The first kappa shape index (κ1) is 21.2. The number of rotatable bonds is 6. The van der Waals surface area contributed by atoms with Crippen molar-refractivity contribution in [2.75, 3.05) is 0 Å². The van der Waals surface area contributed by atoms with Crippen LogP contribution in [0.1, 0.15) is 48.6 Å². The summed E-state index contributed by atoms with van der Waals surface area (Å²) in [5.41, 5.74) is 1.54. The molecule has 0 aliphatic carbocycles. The van der Waals surface area contributed by atoms with E-state index in [-0.39, 0.29) is 23.2 Å². The number of H-pyrrole nitrogens is 1. The van der Waals surface area contributed by atoms with Crippen molar-refractivity contribution in [3.05, 3.63) is 75.8 Å². The van der Waals surface area contributed by atoms with Crippen molar-refractivity contribution >= 4 is 22.8 Å². The van der Waals surface area contributed by atoms with E-state index in [0.717, 1.165) is 5.56 Å². The summed E-state index contributed by atoms with van der Waals surface area (Å²) >= 11 is 0. The number of aromatic amines is 1. The Morgan fingerprint density at radius 1 is 1.03 bits per heavy atom. The number of aromatic nitrogens is 2. The molecule has 0 radical (unpaired) electrons. The minimum atomic E-state index is -0.841. The number of hydrogen-bond acceptors (Lipinski definition) is 5. The van der Waals surface area contributed by atoms with Crippen molar-refractivity contribution < 1.29 is 14.3 Å². The van der Waals surface area contributed by atoms with Crippen LogP contribution in [0.3, 0.4) is 0 Å². The van der Waals surface area contributed by atoms with Crippen molar-refractivity contribution in [1.82, 2.24) is 15.3 Å². The van der Waals surface area contributed by atoms with Gasteiger partial charge in [0.1, 0.15) is 6.04 Å². The number of hydrogen-bond donors (Lipinski definition) is 2. The summed E-state index contributed by atoms with van der Waals surface area (Å²) in [7, 11) is 0. The van der Waals surface area contributed by atoms with E-state index >= 15 is 0 Å². The van der Waals surface area contributed by atoms with Gasteiger partial charge < -0.3 is 15.0 Å². The molecular formula is C23H25N3O4. The Kier molecular flexibility index (Phi) is 6.30. The van der Waals surface area contributed by atoms with Gasteiger partial charge in [-0.2, -0.15) is 0 Å². The first-order valence-corrected chi connectivity index (χ1v) is 9.84. The fourth-order valence-electron chi connectivity index (χ4n) is 3.14. The van der Waals surface area contributed by atoms with Gasteiger partial charge in [-0.25, -0.2) is 9.78 Å². The molecule has 30 heavy (non-hydrogen) atoms. The Morgan fingerprint density at radius 3 is 2.40 bits per heavy atom. The maximum absolute atomic E-state index is 12.8. The monoisotopic (exact) mass is 407 g/mol. The van der Waals surface area contributed by atoms with Crippen molar-refractivity contribution in [1.29, 1.82) is 0 Å². The summed E-state index contributed by atoms with van der Waals surface area (Å²) in [5, 5.41) is 3.23. The molecule has 7 nitrogen and oxygen atoms in total. The first-order valence-electron chi connectivity index (χ1n) is 9.84. The van der Waals surface area contributed by atoms with E-state index in [1.165, 1.54) is 0 Å². The molecule has 1 aromatic heterocycles. The number of para-hydroxylation sites is 1. The summed E-state index contributed by atoms with van der Waals surface area (Å²) in [6, 6.07) is 13.3. The molecule has 3 aromatic rings. The number of amides is 1. The maximum atomic E-state index is 12.8. The van der Waals surface area contributed by atoms with Gasteiger partial charge in [0.05, 0.1) is 10.9 Å². The molecule has 0 saturated carbocycles. The summed E-state index contributed by atoms with van der Waals surface area (Å²) < 4.78 is 5.54. The molecule has 2 aromatic carbocycles. The Labute approximate surface area is 174 Å². The molecule has 0 spiro atoms. The molecule has 0 saturated heterocycles. The molecule has 0 bridgehead atoms.